The molecule has 0 atom stereocenters. The molecule has 2 N–H and O–H groups in total. The van der Waals surface area contributed by atoms with Crippen LogP contribution in [0, 0.1) is 6.92 Å². The summed E-state index contributed by atoms with van der Waals surface area (Å²) in [6.07, 6.45) is -0.0338. The molecule has 0 radical (unpaired) electrons. The number of amides is 2. The Morgan fingerprint density at radius 1 is 1.00 bits per heavy atom. The van der Waals surface area contributed by atoms with E-state index in [0.717, 1.165) is 5.56 Å². The minimum atomic E-state index is -2.90. The van der Waals surface area contributed by atoms with Crippen LogP contribution in [0.3, 0.4) is 0 Å². The second-order valence-corrected chi connectivity index (χ2v) is 5.40. The topological polar surface area (TPSA) is 76.7 Å². The van der Waals surface area contributed by atoms with E-state index in [1.165, 1.54) is 24.3 Å². The fraction of sp³-hybridized carbons (Fsp3) is 0.222. The summed E-state index contributed by atoms with van der Waals surface area (Å²) >= 11 is 0. The first-order valence-corrected chi connectivity index (χ1v) is 7.73. The number of rotatable bonds is 7. The smallest absolute Gasteiger partial charge is 0.387 e. The molecule has 0 aliphatic heterocycles. The van der Waals surface area contributed by atoms with Crippen LogP contribution in [0.25, 0.3) is 0 Å². The Bertz CT molecular complexity index is 751. The van der Waals surface area contributed by atoms with Crippen molar-refractivity contribution in [2.75, 3.05) is 6.61 Å². The predicted molar refractivity (Wildman–Crippen MR) is 89.7 cm³/mol. The van der Waals surface area contributed by atoms with Crippen LogP contribution < -0.4 is 20.3 Å². The predicted octanol–water partition coefficient (Wildman–Crippen LogP) is 2.37. The van der Waals surface area contributed by atoms with Gasteiger partial charge in [-0.3, -0.25) is 20.4 Å². The zero-order chi connectivity index (χ0) is 18.9. The summed E-state index contributed by atoms with van der Waals surface area (Å²) in [6.45, 7) is -1.25. The summed E-state index contributed by atoms with van der Waals surface area (Å²) in [5, 5.41) is 0. The van der Waals surface area contributed by atoms with Gasteiger partial charge >= 0.3 is 6.61 Å². The zero-order valence-corrected chi connectivity index (χ0v) is 14.0. The van der Waals surface area contributed by atoms with Gasteiger partial charge in [0.1, 0.15) is 11.5 Å². The minimum Gasteiger partial charge on any atom is -0.484 e. The molecule has 2 aromatic rings. The van der Waals surface area contributed by atoms with E-state index in [0.29, 0.717) is 11.3 Å². The summed E-state index contributed by atoms with van der Waals surface area (Å²) in [6, 6.07) is 12.9. The molecule has 0 heterocycles. The fourth-order valence-electron chi connectivity index (χ4n) is 2.05. The van der Waals surface area contributed by atoms with Gasteiger partial charge in [-0.05, 0) is 42.3 Å². The standard InChI is InChI=1S/C18H18F2N2O4/c1-12-3-2-4-15(9-12)25-11-17(24)22-21-16(23)10-13-5-7-14(8-6-13)26-18(19)20/h2-9,18H,10-11H2,1H3,(H,21,23)(H,22,24). The number of hydrogen-bond acceptors (Lipinski definition) is 4. The van der Waals surface area contributed by atoms with Crippen LogP contribution >= 0.6 is 0 Å². The third-order valence-corrected chi connectivity index (χ3v) is 3.21. The van der Waals surface area contributed by atoms with Crippen molar-refractivity contribution < 1.29 is 27.8 Å². The summed E-state index contributed by atoms with van der Waals surface area (Å²) in [7, 11) is 0. The van der Waals surface area contributed by atoms with E-state index >= 15 is 0 Å². The molecule has 0 aromatic heterocycles. The van der Waals surface area contributed by atoms with Crippen molar-refractivity contribution in [1.82, 2.24) is 10.9 Å². The number of aryl methyl sites for hydroxylation is 1. The van der Waals surface area contributed by atoms with Gasteiger partial charge < -0.3 is 9.47 Å². The Hall–Kier alpha value is -3.16. The van der Waals surface area contributed by atoms with E-state index in [9.17, 15) is 18.4 Å². The van der Waals surface area contributed by atoms with Gasteiger partial charge in [0.2, 0.25) is 5.91 Å². The monoisotopic (exact) mass is 364 g/mol. The molecule has 0 saturated carbocycles. The molecule has 2 aromatic carbocycles. The lowest BCUT2D eigenvalue weighted by atomic mass is 10.1. The van der Waals surface area contributed by atoms with Crippen LogP contribution in [0.2, 0.25) is 0 Å². The van der Waals surface area contributed by atoms with Gasteiger partial charge in [0.15, 0.2) is 6.61 Å². The second kappa shape index (κ2) is 9.36. The largest absolute Gasteiger partial charge is 0.484 e. The van der Waals surface area contributed by atoms with E-state index < -0.39 is 18.4 Å². The molecule has 2 amide bonds. The lowest BCUT2D eigenvalue weighted by molar-refractivity contribution is -0.129. The highest BCUT2D eigenvalue weighted by atomic mass is 19.3. The van der Waals surface area contributed by atoms with E-state index in [-0.39, 0.29) is 18.8 Å². The van der Waals surface area contributed by atoms with Crippen LogP contribution in [-0.2, 0) is 16.0 Å². The first-order valence-electron chi connectivity index (χ1n) is 7.73. The SMILES string of the molecule is Cc1cccc(OCC(=O)NNC(=O)Cc2ccc(OC(F)F)cc2)c1. The molecule has 2 rings (SSSR count). The van der Waals surface area contributed by atoms with Crippen molar-refractivity contribution in [3.63, 3.8) is 0 Å². The van der Waals surface area contributed by atoms with E-state index in [2.05, 4.69) is 15.6 Å². The van der Waals surface area contributed by atoms with Gasteiger partial charge in [0.25, 0.3) is 5.91 Å². The van der Waals surface area contributed by atoms with Crippen LogP contribution in [0.1, 0.15) is 11.1 Å². The summed E-state index contributed by atoms with van der Waals surface area (Å²) in [4.78, 5) is 23.4. The molecule has 6 nitrogen and oxygen atoms in total. The Morgan fingerprint density at radius 3 is 2.35 bits per heavy atom. The molecule has 0 bridgehead atoms. The fourth-order valence-corrected chi connectivity index (χ4v) is 2.05. The van der Waals surface area contributed by atoms with Crippen molar-refractivity contribution in [3.8, 4) is 11.5 Å². The summed E-state index contributed by atoms with van der Waals surface area (Å²) < 4.78 is 33.6. The van der Waals surface area contributed by atoms with Crippen molar-refractivity contribution >= 4 is 11.8 Å². The third kappa shape index (κ3) is 6.76. The maximum Gasteiger partial charge on any atom is 0.387 e. The number of carbonyl (C=O) groups excluding carboxylic acids is 2. The average molecular weight is 364 g/mol. The molecule has 0 aliphatic rings. The number of ether oxygens (including phenoxy) is 2. The maximum absolute atomic E-state index is 12.1. The summed E-state index contributed by atoms with van der Waals surface area (Å²) in [5.41, 5.74) is 6.07. The lowest BCUT2D eigenvalue weighted by Gasteiger charge is -2.09. The van der Waals surface area contributed by atoms with E-state index in [1.54, 1.807) is 12.1 Å². The quantitative estimate of drug-likeness (QED) is 0.740. The van der Waals surface area contributed by atoms with Gasteiger partial charge in [0, 0.05) is 0 Å². The van der Waals surface area contributed by atoms with Gasteiger partial charge in [-0.2, -0.15) is 8.78 Å². The number of halogens is 2. The number of hydrazine groups is 1. The number of carbonyl (C=O) groups is 2. The lowest BCUT2D eigenvalue weighted by Crippen LogP contribution is -2.44. The van der Waals surface area contributed by atoms with Crippen molar-refractivity contribution in [2.45, 2.75) is 20.0 Å². The Kier molecular flexibility index (Phi) is 6.90. The molecular formula is C18H18F2N2O4. The molecule has 0 spiro atoms. The minimum absolute atomic E-state index is 0.00533. The highest BCUT2D eigenvalue weighted by Gasteiger charge is 2.08. The Balaban J connectivity index is 1.71. The Morgan fingerprint density at radius 2 is 1.69 bits per heavy atom. The number of alkyl halides is 2. The Labute approximate surface area is 149 Å². The highest BCUT2D eigenvalue weighted by Crippen LogP contribution is 2.15. The normalized spacial score (nSPS) is 10.3. The molecule has 138 valence electrons. The maximum atomic E-state index is 12.1. The molecule has 0 fully saturated rings. The van der Waals surface area contributed by atoms with Gasteiger partial charge in [-0.15, -0.1) is 0 Å². The number of nitrogens with one attached hydrogen (secondary N) is 2. The van der Waals surface area contributed by atoms with Gasteiger partial charge in [-0.1, -0.05) is 24.3 Å². The first kappa shape index (κ1) is 19.2. The highest BCUT2D eigenvalue weighted by molar-refractivity contribution is 5.83. The van der Waals surface area contributed by atoms with Crippen LogP contribution in [0.15, 0.2) is 48.5 Å². The molecule has 0 aliphatic carbocycles. The van der Waals surface area contributed by atoms with Crippen molar-refractivity contribution in [3.05, 3.63) is 59.7 Å². The van der Waals surface area contributed by atoms with Crippen molar-refractivity contribution in [2.24, 2.45) is 0 Å². The molecule has 0 unspecified atom stereocenters. The number of benzene rings is 2. The second-order valence-electron chi connectivity index (χ2n) is 5.40. The molecule has 0 saturated heterocycles. The van der Waals surface area contributed by atoms with Gasteiger partial charge in [-0.25, -0.2) is 0 Å². The zero-order valence-electron chi connectivity index (χ0n) is 14.0. The van der Waals surface area contributed by atoms with Crippen LogP contribution in [0.5, 0.6) is 11.5 Å². The van der Waals surface area contributed by atoms with Crippen LogP contribution in [-0.4, -0.2) is 25.0 Å². The molecule has 26 heavy (non-hydrogen) atoms. The molecular weight excluding hydrogens is 346 g/mol. The summed E-state index contributed by atoms with van der Waals surface area (Å²) in [5.74, 6) is -0.416. The van der Waals surface area contributed by atoms with E-state index in [4.69, 9.17) is 4.74 Å². The first-order chi connectivity index (χ1) is 12.4. The van der Waals surface area contributed by atoms with Crippen LogP contribution in [0.4, 0.5) is 8.78 Å². The van der Waals surface area contributed by atoms with Crippen molar-refractivity contribution in [1.29, 1.82) is 0 Å². The number of hydrogen-bond donors (Lipinski definition) is 2. The van der Waals surface area contributed by atoms with E-state index in [1.807, 2.05) is 19.1 Å². The molecule has 8 heteroatoms. The third-order valence-electron chi connectivity index (χ3n) is 3.21. The van der Waals surface area contributed by atoms with Gasteiger partial charge in [0.05, 0.1) is 6.42 Å². The average Bonchev–Trinajstić information content (AvgIpc) is 2.59.